The number of hydrogen-bond acceptors (Lipinski definition) is 7. The van der Waals surface area contributed by atoms with Crippen molar-refractivity contribution in [2.45, 2.75) is 42.9 Å². The molecule has 2 heterocycles. The lowest BCUT2D eigenvalue weighted by Crippen LogP contribution is -2.35. The molecule has 1 saturated heterocycles. The fourth-order valence-corrected chi connectivity index (χ4v) is 6.35. The number of nitrogens with one attached hydrogen (secondary N) is 2. The first kappa shape index (κ1) is 25.7. The highest BCUT2D eigenvalue weighted by Gasteiger charge is 2.27. The van der Waals surface area contributed by atoms with E-state index in [2.05, 4.69) is 20.0 Å². The number of nitrogens with zero attached hydrogens (tertiary/aromatic N) is 3. The Hall–Kier alpha value is -3.35. The number of amides is 1. The molecule has 0 aliphatic carbocycles. The first-order valence-corrected chi connectivity index (χ1v) is 14.3. The van der Waals surface area contributed by atoms with E-state index in [1.165, 1.54) is 46.9 Å². The van der Waals surface area contributed by atoms with Gasteiger partial charge in [0.05, 0.1) is 9.79 Å². The highest BCUT2D eigenvalue weighted by molar-refractivity contribution is 7.92. The minimum atomic E-state index is -3.93. The van der Waals surface area contributed by atoms with Crippen molar-refractivity contribution in [3.63, 3.8) is 0 Å². The molecule has 1 fully saturated rings. The molecule has 0 spiro atoms. The van der Waals surface area contributed by atoms with Gasteiger partial charge in [0.25, 0.3) is 15.9 Å². The third-order valence-electron chi connectivity index (χ3n) is 5.85. The molecule has 36 heavy (non-hydrogen) atoms. The summed E-state index contributed by atoms with van der Waals surface area (Å²) < 4.78 is 55.1. The summed E-state index contributed by atoms with van der Waals surface area (Å²) in [5.41, 5.74) is 1.81. The zero-order valence-corrected chi connectivity index (χ0v) is 21.6. The van der Waals surface area contributed by atoms with Crippen molar-refractivity contribution in [3.05, 3.63) is 71.5 Å². The van der Waals surface area contributed by atoms with Crippen LogP contribution >= 0.6 is 0 Å². The molecule has 0 atom stereocenters. The number of sulfonamides is 2. The smallest absolute Gasteiger partial charge is 0.264 e. The third-order valence-corrected chi connectivity index (χ3v) is 9.09. The second-order valence-corrected chi connectivity index (χ2v) is 12.2. The first-order valence-electron chi connectivity index (χ1n) is 11.4. The van der Waals surface area contributed by atoms with Gasteiger partial charge in [-0.1, -0.05) is 12.5 Å². The molecule has 1 aliphatic rings. The molecule has 2 N–H and O–H groups in total. The Kier molecular flexibility index (Phi) is 7.38. The summed E-state index contributed by atoms with van der Waals surface area (Å²) in [6.45, 7) is 4.38. The van der Waals surface area contributed by atoms with E-state index in [9.17, 15) is 21.6 Å². The third kappa shape index (κ3) is 5.72. The fraction of sp³-hybridized carbons (Fsp3) is 0.292. The lowest BCUT2D eigenvalue weighted by Gasteiger charge is -2.26. The van der Waals surface area contributed by atoms with Crippen molar-refractivity contribution in [1.29, 1.82) is 0 Å². The lowest BCUT2D eigenvalue weighted by molar-refractivity contribution is 0.102. The predicted octanol–water partition coefficient (Wildman–Crippen LogP) is 3.32. The van der Waals surface area contributed by atoms with E-state index in [4.69, 9.17) is 0 Å². The van der Waals surface area contributed by atoms with Crippen LogP contribution in [0.1, 0.15) is 40.9 Å². The van der Waals surface area contributed by atoms with Crippen LogP contribution in [0, 0.1) is 13.8 Å². The molecule has 3 aromatic rings. The Bertz CT molecular complexity index is 1480. The summed E-state index contributed by atoms with van der Waals surface area (Å²) in [6, 6.07) is 11.8. The van der Waals surface area contributed by atoms with Gasteiger partial charge in [-0.3, -0.25) is 4.79 Å². The molecule has 2 aromatic carbocycles. The van der Waals surface area contributed by atoms with E-state index in [0.29, 0.717) is 30.0 Å². The molecule has 1 aliphatic heterocycles. The lowest BCUT2D eigenvalue weighted by atomic mass is 10.1. The maximum atomic E-state index is 13.0. The SMILES string of the molecule is Cc1ccnc(NS(=O)(=O)c2ccc(NC(=O)c3cc(S(=O)(=O)N4CCCCC4)ccc3C)cc2)n1. The van der Waals surface area contributed by atoms with E-state index in [0.717, 1.165) is 19.3 Å². The topological polar surface area (TPSA) is 138 Å². The zero-order valence-electron chi connectivity index (χ0n) is 19.9. The van der Waals surface area contributed by atoms with Crippen LogP contribution in [-0.4, -0.2) is 50.1 Å². The van der Waals surface area contributed by atoms with Crippen LogP contribution in [0.2, 0.25) is 0 Å². The number of aryl methyl sites for hydroxylation is 2. The molecule has 0 saturated carbocycles. The number of rotatable bonds is 7. The average molecular weight is 530 g/mol. The quantitative estimate of drug-likeness (QED) is 0.479. The second-order valence-electron chi connectivity index (χ2n) is 8.55. The minimum Gasteiger partial charge on any atom is -0.322 e. The van der Waals surface area contributed by atoms with E-state index >= 15 is 0 Å². The molecule has 12 heteroatoms. The standard InChI is InChI=1S/C24H27N5O5S2/c1-17-6-9-21(36(33,34)29-14-4-3-5-15-29)16-22(17)23(30)27-19-7-10-20(11-8-19)35(31,32)28-24-25-13-12-18(2)26-24/h6-13,16H,3-5,14-15H2,1-2H3,(H,27,30)(H,25,26,28). The highest BCUT2D eigenvalue weighted by Crippen LogP contribution is 2.24. The molecule has 1 amide bonds. The Balaban J connectivity index is 1.50. The molecule has 0 bridgehead atoms. The largest absolute Gasteiger partial charge is 0.322 e. The summed E-state index contributed by atoms with van der Waals surface area (Å²) in [5, 5.41) is 2.71. The van der Waals surface area contributed by atoms with Crippen LogP contribution in [-0.2, 0) is 20.0 Å². The number of piperidine rings is 1. The normalized spacial score (nSPS) is 14.8. The fourth-order valence-electron chi connectivity index (χ4n) is 3.85. The predicted molar refractivity (Wildman–Crippen MR) is 136 cm³/mol. The Morgan fingerprint density at radius 2 is 1.56 bits per heavy atom. The van der Waals surface area contributed by atoms with Gasteiger partial charge in [-0.2, -0.15) is 4.31 Å². The summed E-state index contributed by atoms with van der Waals surface area (Å²) in [6.07, 6.45) is 4.09. The Labute approximate surface area is 210 Å². The zero-order chi connectivity index (χ0) is 25.9. The molecule has 1 aromatic heterocycles. The van der Waals surface area contributed by atoms with Crippen LogP contribution in [0.3, 0.4) is 0 Å². The molecule has 0 unspecified atom stereocenters. The summed E-state index contributed by atoms with van der Waals surface area (Å²) >= 11 is 0. The number of carbonyl (C=O) groups excluding carboxylic acids is 1. The van der Waals surface area contributed by atoms with Crippen molar-refractivity contribution in [3.8, 4) is 0 Å². The van der Waals surface area contributed by atoms with E-state index < -0.39 is 26.0 Å². The van der Waals surface area contributed by atoms with E-state index in [1.54, 1.807) is 26.0 Å². The van der Waals surface area contributed by atoms with Gasteiger partial charge in [0.15, 0.2) is 0 Å². The van der Waals surface area contributed by atoms with Gasteiger partial charge < -0.3 is 5.32 Å². The van der Waals surface area contributed by atoms with Gasteiger partial charge in [0.2, 0.25) is 16.0 Å². The minimum absolute atomic E-state index is 0.0311. The van der Waals surface area contributed by atoms with Crippen molar-refractivity contribution in [1.82, 2.24) is 14.3 Å². The molecule has 190 valence electrons. The van der Waals surface area contributed by atoms with Crippen LogP contribution in [0.5, 0.6) is 0 Å². The number of anilines is 2. The average Bonchev–Trinajstić information content (AvgIpc) is 2.85. The highest BCUT2D eigenvalue weighted by atomic mass is 32.2. The summed E-state index contributed by atoms with van der Waals surface area (Å²) in [5.74, 6) is -0.535. The van der Waals surface area contributed by atoms with Crippen molar-refractivity contribution in [2.24, 2.45) is 0 Å². The van der Waals surface area contributed by atoms with Crippen molar-refractivity contribution < 1.29 is 21.6 Å². The van der Waals surface area contributed by atoms with Gasteiger partial charge in [-0.25, -0.2) is 31.5 Å². The number of aromatic nitrogens is 2. The van der Waals surface area contributed by atoms with Crippen LogP contribution < -0.4 is 10.0 Å². The number of hydrogen-bond donors (Lipinski definition) is 2. The van der Waals surface area contributed by atoms with E-state index in [1.807, 2.05) is 0 Å². The van der Waals surface area contributed by atoms with Crippen LogP contribution in [0.25, 0.3) is 0 Å². The monoisotopic (exact) mass is 529 g/mol. The Morgan fingerprint density at radius 3 is 2.22 bits per heavy atom. The molecule has 4 rings (SSSR count). The molecule has 10 nitrogen and oxygen atoms in total. The van der Waals surface area contributed by atoms with E-state index in [-0.39, 0.29) is 21.3 Å². The van der Waals surface area contributed by atoms with Gasteiger partial charge in [-0.05, 0) is 74.7 Å². The molecular weight excluding hydrogens is 502 g/mol. The van der Waals surface area contributed by atoms with Crippen LogP contribution in [0.15, 0.2) is 64.5 Å². The maximum Gasteiger partial charge on any atom is 0.264 e. The molecule has 0 radical (unpaired) electrons. The number of carbonyl (C=O) groups is 1. The van der Waals surface area contributed by atoms with Crippen molar-refractivity contribution >= 4 is 37.6 Å². The maximum absolute atomic E-state index is 13.0. The Morgan fingerprint density at radius 1 is 0.889 bits per heavy atom. The van der Waals surface area contributed by atoms with Gasteiger partial charge in [-0.15, -0.1) is 0 Å². The second kappa shape index (κ2) is 10.3. The first-order chi connectivity index (χ1) is 17.1. The summed E-state index contributed by atoms with van der Waals surface area (Å²) in [7, 11) is -7.61. The molecular formula is C24H27N5O5S2. The van der Waals surface area contributed by atoms with Crippen LogP contribution in [0.4, 0.5) is 11.6 Å². The van der Waals surface area contributed by atoms with Crippen molar-refractivity contribution in [2.75, 3.05) is 23.1 Å². The summed E-state index contributed by atoms with van der Waals surface area (Å²) in [4.78, 5) is 21.0. The van der Waals surface area contributed by atoms with Gasteiger partial charge >= 0.3 is 0 Å². The van der Waals surface area contributed by atoms with Gasteiger partial charge in [0.1, 0.15) is 0 Å². The number of benzene rings is 2. The van der Waals surface area contributed by atoms with Gasteiger partial charge in [0, 0.05) is 36.2 Å².